The SMILES string of the molecule is COc1ccc(Br)cc1/C=C1\C(=O)NC(=O)N(c2ccc(OCc3ccc(Cl)cc3)cc2)C1=O. The maximum Gasteiger partial charge on any atom is 0.335 e. The highest BCUT2D eigenvalue weighted by Crippen LogP contribution is 2.28. The van der Waals surface area contributed by atoms with Crippen molar-refractivity contribution >= 4 is 57.1 Å². The van der Waals surface area contributed by atoms with Crippen molar-refractivity contribution in [3.8, 4) is 11.5 Å². The number of methoxy groups -OCH3 is 1. The van der Waals surface area contributed by atoms with Crippen LogP contribution in [0.1, 0.15) is 11.1 Å². The van der Waals surface area contributed by atoms with Gasteiger partial charge in [-0.25, -0.2) is 9.69 Å². The number of halogens is 2. The summed E-state index contributed by atoms with van der Waals surface area (Å²) >= 11 is 9.25. The van der Waals surface area contributed by atoms with E-state index in [-0.39, 0.29) is 5.57 Å². The van der Waals surface area contributed by atoms with Gasteiger partial charge in [0.1, 0.15) is 23.7 Å². The predicted octanol–water partition coefficient (Wildman–Crippen LogP) is 5.36. The van der Waals surface area contributed by atoms with Crippen molar-refractivity contribution in [2.24, 2.45) is 0 Å². The molecule has 0 unspecified atom stereocenters. The van der Waals surface area contributed by atoms with Crippen LogP contribution in [0.4, 0.5) is 10.5 Å². The summed E-state index contributed by atoms with van der Waals surface area (Å²) < 4.78 is 11.8. The van der Waals surface area contributed by atoms with Crippen molar-refractivity contribution in [3.05, 3.63) is 92.9 Å². The maximum atomic E-state index is 13.1. The lowest BCUT2D eigenvalue weighted by Crippen LogP contribution is -2.54. The summed E-state index contributed by atoms with van der Waals surface area (Å²) in [7, 11) is 1.49. The van der Waals surface area contributed by atoms with Gasteiger partial charge in [0.2, 0.25) is 0 Å². The van der Waals surface area contributed by atoms with Crippen LogP contribution in [0, 0.1) is 0 Å². The Labute approximate surface area is 209 Å². The van der Waals surface area contributed by atoms with E-state index in [1.165, 1.54) is 13.2 Å². The third kappa shape index (κ3) is 5.13. The van der Waals surface area contributed by atoms with Crippen LogP contribution in [0.3, 0.4) is 0 Å². The van der Waals surface area contributed by atoms with Crippen LogP contribution in [0.5, 0.6) is 11.5 Å². The molecule has 0 aliphatic carbocycles. The Kier molecular flexibility index (Phi) is 7.00. The summed E-state index contributed by atoms with van der Waals surface area (Å²) in [6.07, 6.45) is 1.39. The number of amides is 4. The van der Waals surface area contributed by atoms with Crippen LogP contribution in [-0.2, 0) is 16.2 Å². The molecule has 0 spiro atoms. The number of carbonyl (C=O) groups excluding carboxylic acids is 3. The Hall–Kier alpha value is -3.62. The number of rotatable bonds is 6. The molecule has 1 N–H and O–H groups in total. The van der Waals surface area contributed by atoms with Crippen molar-refractivity contribution < 1.29 is 23.9 Å². The minimum atomic E-state index is -0.830. The number of anilines is 1. The Morgan fingerprint density at radius 2 is 1.71 bits per heavy atom. The Balaban J connectivity index is 1.56. The summed E-state index contributed by atoms with van der Waals surface area (Å²) in [5.74, 6) is -0.502. The van der Waals surface area contributed by atoms with Crippen molar-refractivity contribution in [2.45, 2.75) is 6.61 Å². The highest BCUT2D eigenvalue weighted by Gasteiger charge is 2.37. The summed E-state index contributed by atoms with van der Waals surface area (Å²) in [5.41, 5.74) is 1.55. The molecule has 7 nitrogen and oxygen atoms in total. The fourth-order valence-corrected chi connectivity index (χ4v) is 3.81. The summed E-state index contributed by atoms with van der Waals surface area (Å²) in [6, 6.07) is 18.1. The fraction of sp³-hybridized carbons (Fsp3) is 0.0800. The third-order valence-corrected chi connectivity index (χ3v) is 5.75. The number of nitrogens with one attached hydrogen (secondary N) is 1. The molecule has 172 valence electrons. The Bertz CT molecular complexity index is 1290. The van der Waals surface area contributed by atoms with E-state index in [2.05, 4.69) is 21.2 Å². The van der Waals surface area contributed by atoms with E-state index < -0.39 is 17.8 Å². The number of benzene rings is 3. The monoisotopic (exact) mass is 540 g/mol. The van der Waals surface area contributed by atoms with Gasteiger partial charge >= 0.3 is 6.03 Å². The van der Waals surface area contributed by atoms with Gasteiger partial charge in [0.25, 0.3) is 11.8 Å². The number of hydrogen-bond acceptors (Lipinski definition) is 5. The normalized spacial score (nSPS) is 14.9. The van der Waals surface area contributed by atoms with E-state index in [1.54, 1.807) is 54.6 Å². The maximum absolute atomic E-state index is 13.1. The number of barbiturate groups is 1. The molecule has 0 saturated carbocycles. The van der Waals surface area contributed by atoms with Gasteiger partial charge in [0.15, 0.2) is 0 Å². The average molecular weight is 542 g/mol. The van der Waals surface area contributed by atoms with Crippen LogP contribution >= 0.6 is 27.5 Å². The van der Waals surface area contributed by atoms with E-state index in [0.717, 1.165) is 14.9 Å². The molecule has 1 saturated heterocycles. The highest BCUT2D eigenvalue weighted by atomic mass is 79.9. The van der Waals surface area contributed by atoms with Gasteiger partial charge in [-0.1, -0.05) is 39.7 Å². The summed E-state index contributed by atoms with van der Waals surface area (Å²) in [6.45, 7) is 0.329. The molecule has 0 atom stereocenters. The summed E-state index contributed by atoms with van der Waals surface area (Å²) in [5, 5.41) is 2.85. The van der Waals surface area contributed by atoms with Gasteiger partial charge in [0.05, 0.1) is 12.8 Å². The molecule has 4 amide bonds. The molecule has 3 aromatic carbocycles. The van der Waals surface area contributed by atoms with Crippen molar-refractivity contribution in [2.75, 3.05) is 12.0 Å². The van der Waals surface area contributed by atoms with Gasteiger partial charge < -0.3 is 9.47 Å². The lowest BCUT2D eigenvalue weighted by Gasteiger charge is -2.26. The largest absolute Gasteiger partial charge is 0.496 e. The lowest BCUT2D eigenvalue weighted by molar-refractivity contribution is -0.122. The number of urea groups is 1. The fourth-order valence-electron chi connectivity index (χ4n) is 3.30. The van der Waals surface area contributed by atoms with Gasteiger partial charge in [0, 0.05) is 15.1 Å². The summed E-state index contributed by atoms with van der Waals surface area (Å²) in [4.78, 5) is 39.0. The van der Waals surface area contributed by atoms with Gasteiger partial charge in [-0.2, -0.15) is 0 Å². The molecule has 34 heavy (non-hydrogen) atoms. The molecule has 1 fully saturated rings. The van der Waals surface area contributed by atoms with Crippen LogP contribution in [0.25, 0.3) is 6.08 Å². The number of ether oxygens (including phenoxy) is 2. The van der Waals surface area contributed by atoms with Gasteiger partial charge in [-0.05, 0) is 66.2 Å². The van der Waals surface area contributed by atoms with Crippen molar-refractivity contribution in [1.29, 1.82) is 0 Å². The van der Waals surface area contributed by atoms with E-state index in [1.807, 2.05) is 12.1 Å². The first kappa shape index (κ1) is 23.5. The zero-order chi connectivity index (χ0) is 24.2. The van der Waals surface area contributed by atoms with E-state index >= 15 is 0 Å². The minimum absolute atomic E-state index is 0.195. The highest BCUT2D eigenvalue weighted by molar-refractivity contribution is 9.10. The molecular weight excluding hydrogens is 524 g/mol. The average Bonchev–Trinajstić information content (AvgIpc) is 2.82. The molecule has 4 rings (SSSR count). The van der Waals surface area contributed by atoms with E-state index in [4.69, 9.17) is 21.1 Å². The number of nitrogens with zero attached hydrogens (tertiary/aromatic N) is 1. The van der Waals surface area contributed by atoms with Gasteiger partial charge in [-0.3, -0.25) is 14.9 Å². The second-order valence-corrected chi connectivity index (χ2v) is 8.61. The second-order valence-electron chi connectivity index (χ2n) is 7.25. The molecule has 3 aromatic rings. The Morgan fingerprint density at radius 3 is 2.38 bits per heavy atom. The first-order valence-corrected chi connectivity index (χ1v) is 11.2. The van der Waals surface area contributed by atoms with Crippen LogP contribution in [-0.4, -0.2) is 25.0 Å². The van der Waals surface area contributed by atoms with Crippen molar-refractivity contribution in [3.63, 3.8) is 0 Å². The Morgan fingerprint density at radius 1 is 1.00 bits per heavy atom. The predicted molar refractivity (Wildman–Crippen MR) is 132 cm³/mol. The first-order chi connectivity index (χ1) is 16.4. The van der Waals surface area contributed by atoms with E-state index in [9.17, 15) is 14.4 Å². The van der Waals surface area contributed by atoms with Gasteiger partial charge in [-0.15, -0.1) is 0 Å². The molecule has 0 bridgehead atoms. The zero-order valence-electron chi connectivity index (χ0n) is 17.9. The molecule has 1 aliphatic heterocycles. The number of imide groups is 2. The first-order valence-electron chi connectivity index (χ1n) is 10.1. The molecule has 0 radical (unpaired) electrons. The third-order valence-electron chi connectivity index (χ3n) is 5.01. The number of carbonyl (C=O) groups is 3. The number of hydrogen-bond donors (Lipinski definition) is 1. The molecule has 9 heteroatoms. The quantitative estimate of drug-likeness (QED) is 0.336. The zero-order valence-corrected chi connectivity index (χ0v) is 20.2. The van der Waals surface area contributed by atoms with E-state index in [0.29, 0.717) is 34.4 Å². The topological polar surface area (TPSA) is 84.9 Å². The standard InChI is InChI=1S/C25H18BrClN2O5/c1-33-22-11-4-17(26)12-16(22)13-21-23(30)28-25(32)29(24(21)31)19-7-9-20(10-8-19)34-14-15-2-5-18(27)6-3-15/h2-13H,14H2,1H3,(H,28,30,32)/b21-13+. The molecule has 0 aromatic heterocycles. The van der Waals surface area contributed by atoms with Crippen LogP contribution in [0.2, 0.25) is 5.02 Å². The van der Waals surface area contributed by atoms with Crippen LogP contribution < -0.4 is 19.7 Å². The minimum Gasteiger partial charge on any atom is -0.496 e. The smallest absolute Gasteiger partial charge is 0.335 e. The van der Waals surface area contributed by atoms with Crippen molar-refractivity contribution in [1.82, 2.24) is 5.32 Å². The molecule has 1 heterocycles. The van der Waals surface area contributed by atoms with Crippen LogP contribution in [0.15, 0.2) is 76.8 Å². The second kappa shape index (κ2) is 10.1. The lowest BCUT2D eigenvalue weighted by atomic mass is 10.1. The molecule has 1 aliphatic rings. The molecular formula is C25H18BrClN2O5.